The number of aromatic hydroxyl groups is 2. The molecule has 3 N–H and O–H groups in total. The molecule has 0 aliphatic carbocycles. The van der Waals surface area contributed by atoms with Crippen molar-refractivity contribution < 1.29 is 15.0 Å². The summed E-state index contributed by atoms with van der Waals surface area (Å²) >= 11 is 5.96. The molecule has 6 nitrogen and oxygen atoms in total. The van der Waals surface area contributed by atoms with Crippen molar-refractivity contribution in [2.75, 3.05) is 32.7 Å². The lowest BCUT2D eigenvalue weighted by Crippen LogP contribution is -2.30. The first-order valence-electron chi connectivity index (χ1n) is 11.1. The van der Waals surface area contributed by atoms with E-state index in [1.807, 2.05) is 0 Å². The van der Waals surface area contributed by atoms with Crippen LogP contribution in [-0.2, 0) is 6.54 Å². The van der Waals surface area contributed by atoms with E-state index in [4.69, 9.17) is 11.6 Å². The number of hydrogen-bond acceptors (Lipinski definition) is 5. The number of benzene rings is 2. The Bertz CT molecular complexity index is 913. The van der Waals surface area contributed by atoms with Crippen LogP contribution in [0.4, 0.5) is 0 Å². The molecular formula is C24H30ClN3O3. The maximum atomic E-state index is 13.1. The fourth-order valence-corrected chi connectivity index (χ4v) is 4.73. The Kier molecular flexibility index (Phi) is 7.00. The number of halogens is 1. The van der Waals surface area contributed by atoms with Crippen LogP contribution in [0.2, 0.25) is 5.02 Å². The number of nitrogens with zero attached hydrogens (tertiary/aromatic N) is 2. The summed E-state index contributed by atoms with van der Waals surface area (Å²) in [6.07, 6.45) is 4.43. The molecule has 2 aromatic carbocycles. The highest BCUT2D eigenvalue weighted by atomic mass is 35.5. The highest BCUT2D eigenvalue weighted by molar-refractivity contribution is 6.32. The minimum Gasteiger partial charge on any atom is -0.507 e. The smallest absolute Gasteiger partial charge is 0.258 e. The first kappa shape index (κ1) is 21.9. The molecule has 0 spiro atoms. The standard InChI is InChI=1S/C24H30ClN3O3/c25-20-14-19(22(29)15-23(20)30)24(31)28-12-3-4-21(28)18-7-5-17(6-8-18)16-26-9-13-27-10-1-2-11-27/h5-8,14-15,21,26,29-30H,1-4,9-13,16H2. The van der Waals surface area contributed by atoms with Gasteiger partial charge in [-0.2, -0.15) is 0 Å². The van der Waals surface area contributed by atoms with E-state index in [0.29, 0.717) is 6.54 Å². The van der Waals surface area contributed by atoms with Crippen LogP contribution in [-0.4, -0.2) is 58.6 Å². The van der Waals surface area contributed by atoms with E-state index in [9.17, 15) is 15.0 Å². The molecule has 2 fully saturated rings. The van der Waals surface area contributed by atoms with Crippen molar-refractivity contribution in [1.82, 2.24) is 15.1 Å². The van der Waals surface area contributed by atoms with Crippen molar-refractivity contribution in [3.8, 4) is 11.5 Å². The molecule has 0 aromatic heterocycles. The third-order valence-electron chi connectivity index (χ3n) is 6.31. The summed E-state index contributed by atoms with van der Waals surface area (Å²) in [5.41, 5.74) is 2.44. The molecule has 166 valence electrons. The van der Waals surface area contributed by atoms with Gasteiger partial charge in [-0.05, 0) is 56.0 Å². The van der Waals surface area contributed by atoms with Gasteiger partial charge in [0.05, 0.1) is 16.6 Å². The van der Waals surface area contributed by atoms with Gasteiger partial charge in [0.2, 0.25) is 0 Å². The average molecular weight is 444 g/mol. The van der Waals surface area contributed by atoms with Crippen molar-refractivity contribution >= 4 is 17.5 Å². The van der Waals surface area contributed by atoms with Crippen LogP contribution >= 0.6 is 11.6 Å². The van der Waals surface area contributed by atoms with Gasteiger partial charge in [0.1, 0.15) is 11.5 Å². The molecule has 0 radical (unpaired) electrons. The Morgan fingerprint density at radius 1 is 1.03 bits per heavy atom. The zero-order chi connectivity index (χ0) is 21.8. The Labute approximate surface area is 188 Å². The van der Waals surface area contributed by atoms with Gasteiger partial charge in [-0.25, -0.2) is 0 Å². The monoisotopic (exact) mass is 443 g/mol. The number of rotatable bonds is 7. The van der Waals surface area contributed by atoms with E-state index in [-0.39, 0.29) is 34.0 Å². The number of carbonyl (C=O) groups excluding carboxylic acids is 1. The minimum absolute atomic E-state index is 0.0309. The summed E-state index contributed by atoms with van der Waals surface area (Å²) in [6.45, 7) is 6.00. The fraction of sp³-hybridized carbons (Fsp3) is 0.458. The van der Waals surface area contributed by atoms with Crippen molar-refractivity contribution in [3.05, 3.63) is 58.1 Å². The maximum absolute atomic E-state index is 13.1. The normalized spacial score (nSPS) is 19.3. The molecule has 2 aromatic rings. The number of likely N-dealkylation sites (tertiary alicyclic amines) is 2. The lowest BCUT2D eigenvalue weighted by atomic mass is 10.0. The Balaban J connectivity index is 1.37. The van der Waals surface area contributed by atoms with Crippen molar-refractivity contribution in [1.29, 1.82) is 0 Å². The molecule has 2 aliphatic rings. The van der Waals surface area contributed by atoms with E-state index >= 15 is 0 Å². The molecule has 1 amide bonds. The maximum Gasteiger partial charge on any atom is 0.258 e. The van der Waals surface area contributed by atoms with E-state index in [2.05, 4.69) is 34.5 Å². The molecule has 0 saturated carbocycles. The molecule has 2 heterocycles. The van der Waals surface area contributed by atoms with Gasteiger partial charge in [-0.15, -0.1) is 0 Å². The molecule has 0 bridgehead atoms. The third-order valence-corrected chi connectivity index (χ3v) is 6.61. The molecule has 1 unspecified atom stereocenters. The van der Waals surface area contributed by atoms with Crippen LogP contribution in [0, 0.1) is 0 Å². The van der Waals surface area contributed by atoms with Gasteiger partial charge in [-0.3, -0.25) is 4.79 Å². The summed E-state index contributed by atoms with van der Waals surface area (Å²) < 4.78 is 0. The van der Waals surface area contributed by atoms with Gasteiger partial charge in [0.15, 0.2) is 0 Å². The van der Waals surface area contributed by atoms with E-state index in [0.717, 1.165) is 44.1 Å². The predicted molar refractivity (Wildman–Crippen MR) is 122 cm³/mol. The van der Waals surface area contributed by atoms with Crippen LogP contribution in [0.25, 0.3) is 0 Å². The number of nitrogens with one attached hydrogen (secondary N) is 1. The van der Waals surface area contributed by atoms with E-state index in [1.165, 1.54) is 37.6 Å². The zero-order valence-corrected chi connectivity index (χ0v) is 18.4. The second-order valence-electron chi connectivity index (χ2n) is 8.44. The SMILES string of the molecule is O=C(c1cc(Cl)c(O)cc1O)N1CCCC1c1ccc(CNCCN2CCCC2)cc1. The number of carbonyl (C=O) groups is 1. The molecule has 4 rings (SSSR count). The van der Waals surface area contributed by atoms with Crippen LogP contribution in [0.5, 0.6) is 11.5 Å². The molecule has 2 aliphatic heterocycles. The molecule has 7 heteroatoms. The molecule has 1 atom stereocenters. The third kappa shape index (κ3) is 5.14. The predicted octanol–water partition coefficient (Wildman–Crippen LogP) is 3.91. The van der Waals surface area contributed by atoms with Gasteiger partial charge < -0.3 is 25.3 Å². The number of amides is 1. The first-order valence-corrected chi connectivity index (χ1v) is 11.4. The van der Waals surface area contributed by atoms with Gasteiger partial charge >= 0.3 is 0 Å². The summed E-state index contributed by atoms with van der Waals surface area (Å²) in [6, 6.07) is 10.8. The first-order chi connectivity index (χ1) is 15.0. The summed E-state index contributed by atoms with van der Waals surface area (Å²) in [4.78, 5) is 17.4. The average Bonchev–Trinajstić information content (AvgIpc) is 3.46. The minimum atomic E-state index is -0.269. The Morgan fingerprint density at radius 3 is 2.52 bits per heavy atom. The largest absolute Gasteiger partial charge is 0.507 e. The van der Waals surface area contributed by atoms with Gasteiger partial charge in [0.25, 0.3) is 5.91 Å². The fourth-order valence-electron chi connectivity index (χ4n) is 4.57. The molecule has 2 saturated heterocycles. The van der Waals surface area contributed by atoms with Crippen LogP contribution in [0.3, 0.4) is 0 Å². The van der Waals surface area contributed by atoms with Crippen molar-refractivity contribution in [3.63, 3.8) is 0 Å². The number of phenolic OH excluding ortho intramolecular Hbond substituents is 2. The Morgan fingerprint density at radius 2 is 1.77 bits per heavy atom. The zero-order valence-electron chi connectivity index (χ0n) is 17.7. The molecule has 31 heavy (non-hydrogen) atoms. The number of hydrogen-bond donors (Lipinski definition) is 3. The number of phenols is 2. The second-order valence-corrected chi connectivity index (χ2v) is 8.85. The highest BCUT2D eigenvalue weighted by Crippen LogP contribution is 2.37. The lowest BCUT2D eigenvalue weighted by Gasteiger charge is -2.26. The summed E-state index contributed by atoms with van der Waals surface area (Å²) in [5.74, 6) is -0.763. The topological polar surface area (TPSA) is 76.0 Å². The highest BCUT2D eigenvalue weighted by Gasteiger charge is 2.32. The Hall–Kier alpha value is -2.28. The summed E-state index contributed by atoms with van der Waals surface area (Å²) in [7, 11) is 0. The van der Waals surface area contributed by atoms with E-state index in [1.54, 1.807) is 4.90 Å². The molecular weight excluding hydrogens is 414 g/mol. The summed E-state index contributed by atoms with van der Waals surface area (Å²) in [5, 5.41) is 23.3. The quantitative estimate of drug-likeness (QED) is 0.565. The second kappa shape index (κ2) is 9.90. The van der Waals surface area contributed by atoms with Crippen LogP contribution < -0.4 is 5.32 Å². The van der Waals surface area contributed by atoms with Crippen molar-refractivity contribution in [2.24, 2.45) is 0 Å². The van der Waals surface area contributed by atoms with Gasteiger partial charge in [0, 0.05) is 32.2 Å². The van der Waals surface area contributed by atoms with Gasteiger partial charge in [-0.1, -0.05) is 35.9 Å². The lowest BCUT2D eigenvalue weighted by molar-refractivity contribution is 0.0732. The van der Waals surface area contributed by atoms with E-state index < -0.39 is 0 Å². The van der Waals surface area contributed by atoms with Crippen LogP contribution in [0.15, 0.2) is 36.4 Å². The van der Waals surface area contributed by atoms with Crippen LogP contribution in [0.1, 0.15) is 53.2 Å². The van der Waals surface area contributed by atoms with Crippen molar-refractivity contribution in [2.45, 2.75) is 38.3 Å².